The van der Waals surface area contributed by atoms with Crippen LogP contribution in [-0.4, -0.2) is 98.0 Å². The number of hydrogen-bond donors (Lipinski definition) is 5. The topological polar surface area (TPSA) is 256 Å². The number of aliphatic carboxylic acids is 1. The zero-order chi connectivity index (χ0) is 28.5. The first-order chi connectivity index (χ1) is 18.3. The number of carboxylic acid groups (broad SMARTS) is 1. The molecule has 39 heavy (non-hydrogen) atoms. The van der Waals surface area contributed by atoms with Gasteiger partial charge in [-0.3, -0.25) is 19.0 Å². The molecule has 1 fully saturated rings. The number of carboxylic acids is 1. The number of nitrogens with zero attached hydrogens (tertiary/aromatic N) is 4. The van der Waals surface area contributed by atoms with E-state index in [-0.39, 0.29) is 28.5 Å². The fraction of sp³-hybridized carbons (Fsp3) is 0.368. The Balaban J connectivity index is 1.60. The molecule has 3 heterocycles. The van der Waals surface area contributed by atoms with Gasteiger partial charge in [-0.05, 0) is 22.8 Å². The number of fused-ring (bicyclic) bond motifs is 1. The maximum absolute atomic E-state index is 13.1. The number of sulfonamides is 1. The van der Waals surface area contributed by atoms with Crippen molar-refractivity contribution in [3.8, 4) is 0 Å². The number of carbonyl (C=O) groups is 3. The van der Waals surface area contributed by atoms with E-state index >= 15 is 0 Å². The van der Waals surface area contributed by atoms with E-state index in [9.17, 15) is 40.9 Å². The third-order valence-electron chi connectivity index (χ3n) is 5.76. The molecule has 4 atom stereocenters. The first-order valence-electron chi connectivity index (χ1n) is 10.9. The highest BCUT2D eigenvalue weighted by molar-refractivity contribution is 8.01. The van der Waals surface area contributed by atoms with Gasteiger partial charge in [0, 0.05) is 11.0 Å². The van der Waals surface area contributed by atoms with Crippen LogP contribution in [-0.2, 0) is 34.5 Å². The number of nitrogens with two attached hydrogens (primary N) is 1. The Bertz CT molecular complexity index is 1520. The first kappa shape index (κ1) is 29.0. The predicted molar refractivity (Wildman–Crippen MR) is 137 cm³/mol. The lowest BCUT2D eigenvalue weighted by atomic mass is 10.00. The summed E-state index contributed by atoms with van der Waals surface area (Å²) >= 11 is 2.02. The van der Waals surface area contributed by atoms with Crippen LogP contribution >= 0.6 is 23.5 Å². The Kier molecular flexibility index (Phi) is 8.33. The quantitative estimate of drug-likeness (QED) is 0.111. The van der Waals surface area contributed by atoms with E-state index in [2.05, 4.69) is 25.9 Å². The number of thioether (sulfide) groups is 2. The van der Waals surface area contributed by atoms with Crippen molar-refractivity contribution in [2.75, 3.05) is 11.5 Å². The number of H-pyrrole nitrogens is 1. The van der Waals surface area contributed by atoms with Crippen LogP contribution in [0.15, 0.2) is 46.8 Å². The Morgan fingerprint density at radius 2 is 1.95 bits per heavy atom. The van der Waals surface area contributed by atoms with Gasteiger partial charge in [-0.15, -0.1) is 22.0 Å². The molecular formula is C19H21N7O9S4. The second kappa shape index (κ2) is 11.2. The second-order valence-corrected chi connectivity index (χ2v) is 13.8. The lowest BCUT2D eigenvalue weighted by Crippen LogP contribution is -2.71. The number of benzene rings is 1. The van der Waals surface area contributed by atoms with E-state index in [4.69, 9.17) is 5.14 Å². The summed E-state index contributed by atoms with van der Waals surface area (Å²) in [5, 5.41) is 27.1. The molecule has 2 aromatic rings. The first-order valence-corrected chi connectivity index (χ1v) is 16.1. The average Bonchev–Trinajstić information content (AvgIpc) is 3.36. The van der Waals surface area contributed by atoms with Crippen LogP contribution in [0, 0.1) is 0 Å². The van der Waals surface area contributed by atoms with Crippen molar-refractivity contribution in [1.29, 1.82) is 0 Å². The monoisotopic (exact) mass is 619 g/mol. The molecule has 0 radical (unpaired) electrons. The van der Waals surface area contributed by atoms with Gasteiger partial charge in [0.1, 0.15) is 17.1 Å². The van der Waals surface area contributed by atoms with Crippen molar-refractivity contribution < 1.29 is 40.9 Å². The molecule has 1 saturated heterocycles. The zero-order valence-corrected chi connectivity index (χ0v) is 22.8. The molecule has 20 heteroatoms. The van der Waals surface area contributed by atoms with Crippen molar-refractivity contribution in [1.82, 2.24) is 30.8 Å². The Morgan fingerprint density at radius 1 is 1.26 bits per heavy atom. The minimum atomic E-state index is -4.91. The molecule has 2 amide bonds. The van der Waals surface area contributed by atoms with Gasteiger partial charge in [0.25, 0.3) is 16.0 Å². The number of carbonyl (C=O) groups excluding carboxylic acids is 2. The molecule has 0 aliphatic carbocycles. The van der Waals surface area contributed by atoms with E-state index in [1.54, 1.807) is 6.07 Å². The van der Waals surface area contributed by atoms with Gasteiger partial charge in [0.05, 0.1) is 5.75 Å². The van der Waals surface area contributed by atoms with Gasteiger partial charge in [0.2, 0.25) is 21.1 Å². The molecular weight excluding hydrogens is 599 g/mol. The number of aromatic nitrogens is 4. The normalized spacial score (nSPS) is 21.1. The third-order valence-corrected chi connectivity index (χ3v) is 10.1. The smallest absolute Gasteiger partial charge is 0.352 e. The number of β-lactam (4-membered cyclic amide) rings is 1. The summed E-state index contributed by atoms with van der Waals surface area (Å²) in [6.07, 6.45) is -0.120. The van der Waals surface area contributed by atoms with Crippen molar-refractivity contribution in [2.24, 2.45) is 5.14 Å². The Hall–Kier alpha value is -3.04. The Morgan fingerprint density at radius 3 is 2.51 bits per heavy atom. The number of hydrogen-bond acceptors (Lipinski definition) is 12. The van der Waals surface area contributed by atoms with Crippen LogP contribution in [0.5, 0.6) is 0 Å². The molecule has 2 aliphatic heterocycles. The van der Waals surface area contributed by atoms with Gasteiger partial charge in [-0.2, -0.15) is 13.6 Å². The molecule has 210 valence electrons. The molecule has 6 N–H and O–H groups in total. The summed E-state index contributed by atoms with van der Waals surface area (Å²) in [6, 6.07) is 5.89. The van der Waals surface area contributed by atoms with Gasteiger partial charge >= 0.3 is 5.97 Å². The molecule has 0 bridgehead atoms. The third kappa shape index (κ3) is 6.41. The fourth-order valence-corrected chi connectivity index (χ4v) is 8.20. The standard InChI is InChI=1S/C19H21N7O9S4/c20-38(31,32)7-6-11(37-19-22-24-25-23-19)10-8-36-17-12(16(28)26(17)13(10)18(29)30)21-15(27)14(39(33,34)35)9-4-2-1-3-5-9/h1-5,11-12,14,17H,6-8H2,(H,21,27)(H,29,30)(H2,20,31,32)(H,33,34,35)(H,22,23,24,25)/t11?,12?,14?,17-/m0/s1. The zero-order valence-electron chi connectivity index (χ0n) is 19.6. The molecule has 1 aromatic heterocycles. The van der Waals surface area contributed by atoms with Crippen LogP contribution in [0.4, 0.5) is 0 Å². The van der Waals surface area contributed by atoms with Crippen LogP contribution in [0.1, 0.15) is 17.2 Å². The van der Waals surface area contributed by atoms with Crippen molar-refractivity contribution in [3.05, 3.63) is 47.2 Å². The molecule has 0 spiro atoms. The fourth-order valence-electron chi connectivity index (χ4n) is 4.11. The van der Waals surface area contributed by atoms with Crippen LogP contribution < -0.4 is 10.5 Å². The predicted octanol–water partition coefficient (Wildman–Crippen LogP) is -1.29. The second-order valence-electron chi connectivity index (χ2n) is 8.34. The maximum atomic E-state index is 13.1. The van der Waals surface area contributed by atoms with Gasteiger partial charge in [-0.1, -0.05) is 42.1 Å². The molecule has 16 nitrogen and oxygen atoms in total. The summed E-state index contributed by atoms with van der Waals surface area (Å²) < 4.78 is 56.9. The van der Waals surface area contributed by atoms with Crippen LogP contribution in [0.25, 0.3) is 0 Å². The maximum Gasteiger partial charge on any atom is 0.352 e. The number of nitrogens with one attached hydrogen (secondary N) is 2. The number of rotatable bonds is 11. The minimum Gasteiger partial charge on any atom is -0.477 e. The van der Waals surface area contributed by atoms with Gasteiger partial charge in [-0.25, -0.2) is 18.4 Å². The molecule has 3 unspecified atom stereocenters. The highest BCUT2D eigenvalue weighted by atomic mass is 32.2. The minimum absolute atomic E-state index is 0.0169. The summed E-state index contributed by atoms with van der Waals surface area (Å²) in [5.74, 6) is -3.93. The Labute approximate surface area is 230 Å². The average molecular weight is 620 g/mol. The highest BCUT2D eigenvalue weighted by Crippen LogP contribution is 2.44. The molecule has 0 saturated carbocycles. The van der Waals surface area contributed by atoms with E-state index in [0.29, 0.717) is 0 Å². The van der Waals surface area contributed by atoms with Gasteiger partial charge in [0.15, 0.2) is 5.25 Å². The lowest BCUT2D eigenvalue weighted by molar-refractivity contribution is -0.150. The lowest BCUT2D eigenvalue weighted by Gasteiger charge is -2.50. The largest absolute Gasteiger partial charge is 0.477 e. The van der Waals surface area contributed by atoms with E-state index < -0.39 is 71.3 Å². The van der Waals surface area contributed by atoms with Crippen LogP contribution in [0.3, 0.4) is 0 Å². The SMILES string of the molecule is NS(=O)(=O)CCC(Sc1nn[nH]n1)C1=C(C(=O)O)N2C(=O)C(NC(=O)C(c3ccccc3)S(=O)(=O)O)[C@@H]2SC1. The number of primary sulfonamides is 1. The van der Waals surface area contributed by atoms with Crippen LogP contribution in [0.2, 0.25) is 0 Å². The van der Waals surface area contributed by atoms with Crippen molar-refractivity contribution in [3.63, 3.8) is 0 Å². The van der Waals surface area contributed by atoms with Gasteiger partial charge < -0.3 is 10.4 Å². The highest BCUT2D eigenvalue weighted by Gasteiger charge is 2.55. The van der Waals surface area contributed by atoms with E-state index in [1.807, 2.05) is 0 Å². The summed E-state index contributed by atoms with van der Waals surface area (Å²) in [7, 11) is -8.82. The summed E-state index contributed by atoms with van der Waals surface area (Å²) in [6.45, 7) is 0. The number of aromatic amines is 1. The van der Waals surface area contributed by atoms with Crippen molar-refractivity contribution in [2.45, 2.75) is 33.5 Å². The van der Waals surface area contributed by atoms with E-state index in [0.717, 1.165) is 28.4 Å². The van der Waals surface area contributed by atoms with E-state index in [1.165, 1.54) is 24.3 Å². The summed E-state index contributed by atoms with van der Waals surface area (Å²) in [4.78, 5) is 39.2. The molecule has 4 rings (SSSR count). The van der Waals surface area contributed by atoms with Crippen molar-refractivity contribution >= 4 is 61.4 Å². The number of tetrazole rings is 1. The summed E-state index contributed by atoms with van der Waals surface area (Å²) in [5.41, 5.74) is -0.221. The molecule has 1 aromatic carbocycles. The molecule has 2 aliphatic rings. The number of amides is 2.